The fourth-order valence-electron chi connectivity index (χ4n) is 3.28. The first-order valence-electron chi connectivity index (χ1n) is 7.76. The molecule has 1 aliphatic rings. The van der Waals surface area contributed by atoms with Gasteiger partial charge in [-0.25, -0.2) is 0 Å². The Bertz CT molecular complexity index is 791. The zero-order chi connectivity index (χ0) is 17.3. The SMILES string of the molecule is Cc1ccc(Cl)c(NC(=O)CC2(C(=O)O)Cc3ccccc3C2)c1. The first-order chi connectivity index (χ1) is 11.4. The Morgan fingerprint density at radius 2 is 1.79 bits per heavy atom. The molecule has 0 saturated carbocycles. The van der Waals surface area contributed by atoms with Gasteiger partial charge in [-0.1, -0.05) is 41.9 Å². The number of halogens is 1. The van der Waals surface area contributed by atoms with E-state index in [2.05, 4.69) is 5.32 Å². The first kappa shape index (κ1) is 16.5. The van der Waals surface area contributed by atoms with Gasteiger partial charge in [-0.3, -0.25) is 9.59 Å². The minimum Gasteiger partial charge on any atom is -0.481 e. The summed E-state index contributed by atoms with van der Waals surface area (Å²) in [6.07, 6.45) is 0.655. The van der Waals surface area contributed by atoms with E-state index in [1.54, 1.807) is 12.1 Å². The Labute approximate surface area is 145 Å². The Morgan fingerprint density at radius 3 is 2.38 bits per heavy atom. The number of carbonyl (C=O) groups is 2. The van der Waals surface area contributed by atoms with Crippen LogP contribution >= 0.6 is 11.6 Å². The molecule has 0 heterocycles. The molecule has 3 rings (SSSR count). The minimum absolute atomic E-state index is 0.0821. The van der Waals surface area contributed by atoms with Crippen molar-refractivity contribution in [2.45, 2.75) is 26.2 Å². The van der Waals surface area contributed by atoms with Crippen molar-refractivity contribution in [1.29, 1.82) is 0 Å². The molecule has 2 aromatic rings. The van der Waals surface area contributed by atoms with E-state index in [-0.39, 0.29) is 12.3 Å². The van der Waals surface area contributed by atoms with Crippen LogP contribution in [-0.2, 0) is 22.4 Å². The van der Waals surface area contributed by atoms with Crippen LogP contribution < -0.4 is 5.32 Å². The third kappa shape index (κ3) is 3.15. The number of hydrogen-bond donors (Lipinski definition) is 2. The molecule has 0 unspecified atom stereocenters. The predicted octanol–water partition coefficient (Wildman–Crippen LogP) is 3.85. The molecule has 124 valence electrons. The van der Waals surface area contributed by atoms with Crippen molar-refractivity contribution in [1.82, 2.24) is 0 Å². The number of benzene rings is 2. The summed E-state index contributed by atoms with van der Waals surface area (Å²) in [5.41, 5.74) is 2.39. The standard InChI is InChI=1S/C19H18ClNO3/c1-12-6-7-15(20)16(8-12)21-17(22)11-19(18(23)24)9-13-4-2-3-5-14(13)10-19/h2-8H,9-11H2,1H3,(H,21,22)(H,23,24). The number of aliphatic carboxylic acids is 1. The van der Waals surface area contributed by atoms with Crippen LogP contribution in [0.2, 0.25) is 5.02 Å². The molecule has 2 N–H and O–H groups in total. The van der Waals surface area contributed by atoms with E-state index >= 15 is 0 Å². The molecule has 24 heavy (non-hydrogen) atoms. The maximum absolute atomic E-state index is 12.5. The van der Waals surface area contributed by atoms with Crippen molar-refractivity contribution < 1.29 is 14.7 Å². The number of carbonyl (C=O) groups excluding carboxylic acids is 1. The van der Waals surface area contributed by atoms with E-state index in [1.165, 1.54) is 0 Å². The molecule has 0 spiro atoms. The summed E-state index contributed by atoms with van der Waals surface area (Å²) in [6.45, 7) is 1.90. The molecule has 0 radical (unpaired) electrons. The number of anilines is 1. The first-order valence-corrected chi connectivity index (χ1v) is 8.14. The summed E-state index contributed by atoms with van der Waals surface area (Å²) < 4.78 is 0. The van der Waals surface area contributed by atoms with E-state index < -0.39 is 11.4 Å². The molecule has 2 aromatic carbocycles. The highest BCUT2D eigenvalue weighted by Gasteiger charge is 2.45. The van der Waals surface area contributed by atoms with E-state index in [0.717, 1.165) is 16.7 Å². The fraction of sp³-hybridized carbons (Fsp3) is 0.263. The largest absolute Gasteiger partial charge is 0.481 e. The average molecular weight is 344 g/mol. The second-order valence-electron chi connectivity index (χ2n) is 6.42. The van der Waals surface area contributed by atoms with Crippen LogP contribution in [0.15, 0.2) is 42.5 Å². The van der Waals surface area contributed by atoms with Gasteiger partial charge in [0.1, 0.15) is 0 Å². The van der Waals surface area contributed by atoms with Crippen LogP contribution in [0.3, 0.4) is 0 Å². The third-order valence-electron chi connectivity index (χ3n) is 4.52. The normalized spacial score (nSPS) is 14.9. The molecule has 0 fully saturated rings. The lowest BCUT2D eigenvalue weighted by atomic mass is 9.81. The van der Waals surface area contributed by atoms with E-state index in [9.17, 15) is 14.7 Å². The predicted molar refractivity (Wildman–Crippen MR) is 93.4 cm³/mol. The highest BCUT2D eigenvalue weighted by atomic mass is 35.5. The van der Waals surface area contributed by atoms with Crippen molar-refractivity contribution >= 4 is 29.2 Å². The Hall–Kier alpha value is -2.33. The Kier molecular flexibility index (Phi) is 4.33. The molecular weight excluding hydrogens is 326 g/mol. The number of amides is 1. The lowest BCUT2D eigenvalue weighted by Gasteiger charge is -2.23. The number of carboxylic acid groups (broad SMARTS) is 1. The molecule has 1 amide bonds. The number of fused-ring (bicyclic) bond motifs is 1. The smallest absolute Gasteiger partial charge is 0.310 e. The quantitative estimate of drug-likeness (QED) is 0.886. The lowest BCUT2D eigenvalue weighted by molar-refractivity contribution is -0.150. The monoisotopic (exact) mass is 343 g/mol. The number of aryl methyl sites for hydroxylation is 1. The summed E-state index contributed by atoms with van der Waals surface area (Å²) in [5, 5.41) is 12.9. The van der Waals surface area contributed by atoms with Gasteiger partial charge in [0.2, 0.25) is 5.91 Å². The van der Waals surface area contributed by atoms with Gasteiger partial charge in [-0.05, 0) is 48.6 Å². The van der Waals surface area contributed by atoms with Crippen LogP contribution in [0.25, 0.3) is 0 Å². The molecule has 4 nitrogen and oxygen atoms in total. The molecule has 0 atom stereocenters. The summed E-state index contributed by atoms with van der Waals surface area (Å²) >= 11 is 6.10. The van der Waals surface area contributed by atoms with Gasteiger partial charge in [0.05, 0.1) is 16.1 Å². The average Bonchev–Trinajstić information content (AvgIpc) is 2.90. The van der Waals surface area contributed by atoms with Crippen LogP contribution in [0.4, 0.5) is 5.69 Å². The van der Waals surface area contributed by atoms with Crippen molar-refractivity contribution in [3.8, 4) is 0 Å². The second kappa shape index (κ2) is 6.29. The van der Waals surface area contributed by atoms with Gasteiger partial charge in [0.15, 0.2) is 0 Å². The molecule has 0 saturated heterocycles. The summed E-state index contributed by atoms with van der Waals surface area (Å²) in [6, 6.07) is 13.0. The van der Waals surface area contributed by atoms with Crippen molar-refractivity contribution in [2.75, 3.05) is 5.32 Å². The summed E-state index contributed by atoms with van der Waals surface area (Å²) in [4.78, 5) is 24.4. The maximum atomic E-state index is 12.5. The molecule has 0 aromatic heterocycles. The van der Waals surface area contributed by atoms with E-state index in [4.69, 9.17) is 11.6 Å². The molecule has 1 aliphatic carbocycles. The van der Waals surface area contributed by atoms with Crippen LogP contribution in [0.1, 0.15) is 23.1 Å². The van der Waals surface area contributed by atoms with Gasteiger partial charge in [0, 0.05) is 6.42 Å². The van der Waals surface area contributed by atoms with Crippen molar-refractivity contribution in [2.24, 2.45) is 5.41 Å². The minimum atomic E-state index is -1.09. The van der Waals surface area contributed by atoms with Gasteiger partial charge >= 0.3 is 5.97 Å². The van der Waals surface area contributed by atoms with Gasteiger partial charge in [-0.15, -0.1) is 0 Å². The van der Waals surface area contributed by atoms with Gasteiger partial charge in [-0.2, -0.15) is 0 Å². The van der Waals surface area contributed by atoms with Crippen LogP contribution in [0.5, 0.6) is 0 Å². The van der Waals surface area contributed by atoms with Crippen molar-refractivity contribution in [3.05, 3.63) is 64.2 Å². The molecule has 0 bridgehead atoms. The summed E-state index contributed by atoms with van der Waals surface area (Å²) in [7, 11) is 0. The topological polar surface area (TPSA) is 66.4 Å². The zero-order valence-corrected chi connectivity index (χ0v) is 14.1. The highest BCUT2D eigenvalue weighted by Crippen LogP contribution is 2.40. The zero-order valence-electron chi connectivity index (χ0n) is 13.3. The van der Waals surface area contributed by atoms with Gasteiger partial charge in [0.25, 0.3) is 0 Å². The summed E-state index contributed by atoms with van der Waals surface area (Å²) in [5.74, 6) is -1.28. The Morgan fingerprint density at radius 1 is 1.17 bits per heavy atom. The third-order valence-corrected chi connectivity index (χ3v) is 4.85. The van der Waals surface area contributed by atoms with Crippen LogP contribution in [0, 0.1) is 12.3 Å². The Balaban J connectivity index is 1.79. The van der Waals surface area contributed by atoms with Crippen molar-refractivity contribution in [3.63, 3.8) is 0 Å². The molecular formula is C19H18ClNO3. The number of hydrogen-bond acceptors (Lipinski definition) is 2. The maximum Gasteiger partial charge on any atom is 0.310 e. The highest BCUT2D eigenvalue weighted by molar-refractivity contribution is 6.33. The fourth-order valence-corrected chi connectivity index (χ4v) is 3.45. The second-order valence-corrected chi connectivity index (χ2v) is 6.82. The number of carboxylic acids is 1. The lowest BCUT2D eigenvalue weighted by Crippen LogP contribution is -2.36. The number of rotatable bonds is 4. The number of nitrogens with one attached hydrogen (secondary N) is 1. The molecule has 0 aliphatic heterocycles. The van der Waals surface area contributed by atoms with E-state index in [1.807, 2.05) is 37.3 Å². The molecule has 5 heteroatoms. The van der Waals surface area contributed by atoms with E-state index in [0.29, 0.717) is 23.6 Å². The van der Waals surface area contributed by atoms with Gasteiger partial charge < -0.3 is 10.4 Å². The van der Waals surface area contributed by atoms with Crippen LogP contribution in [-0.4, -0.2) is 17.0 Å².